The molecule has 0 amide bonds. The van der Waals surface area contributed by atoms with Crippen molar-refractivity contribution in [3.63, 3.8) is 0 Å². The Balaban J connectivity index is 1.83. The van der Waals surface area contributed by atoms with Gasteiger partial charge in [0.15, 0.2) is 5.65 Å². The van der Waals surface area contributed by atoms with Gasteiger partial charge in [-0.15, -0.1) is 0 Å². The Morgan fingerprint density at radius 3 is 2.44 bits per heavy atom. The van der Waals surface area contributed by atoms with Crippen molar-refractivity contribution in [2.75, 3.05) is 7.11 Å². The maximum atomic E-state index is 5.28. The van der Waals surface area contributed by atoms with E-state index in [1.807, 2.05) is 30.6 Å². The van der Waals surface area contributed by atoms with E-state index in [1.165, 1.54) is 0 Å². The maximum Gasteiger partial charge on any atom is 0.163 e. The molecule has 0 aliphatic carbocycles. The van der Waals surface area contributed by atoms with Gasteiger partial charge in [-0.2, -0.15) is 0 Å². The minimum Gasteiger partial charge on any atom is -0.497 e. The van der Waals surface area contributed by atoms with Gasteiger partial charge in [-0.25, -0.2) is 15.0 Å². The molecule has 0 radical (unpaired) electrons. The van der Waals surface area contributed by atoms with Gasteiger partial charge < -0.3 is 9.30 Å². The van der Waals surface area contributed by atoms with Crippen molar-refractivity contribution < 1.29 is 4.74 Å². The predicted octanol–water partition coefficient (Wildman–Crippen LogP) is 4.97. The molecule has 0 atom stereocenters. The molecule has 2 aromatic heterocycles. The number of benzene rings is 2. The van der Waals surface area contributed by atoms with Gasteiger partial charge in [0.2, 0.25) is 0 Å². The second-order valence-electron chi connectivity index (χ2n) is 6.46. The summed E-state index contributed by atoms with van der Waals surface area (Å²) in [5, 5.41) is 0. The Morgan fingerprint density at radius 2 is 1.70 bits per heavy atom. The molecule has 2 aromatic carbocycles. The van der Waals surface area contributed by atoms with E-state index in [9.17, 15) is 0 Å². The van der Waals surface area contributed by atoms with Crippen LogP contribution in [0.25, 0.3) is 33.5 Å². The third kappa shape index (κ3) is 3.28. The first-order valence-electron chi connectivity index (χ1n) is 9.21. The van der Waals surface area contributed by atoms with E-state index in [-0.39, 0.29) is 0 Å². The van der Waals surface area contributed by atoms with E-state index >= 15 is 0 Å². The van der Waals surface area contributed by atoms with Crippen molar-refractivity contribution >= 4 is 11.2 Å². The molecule has 0 aliphatic rings. The highest BCUT2D eigenvalue weighted by atomic mass is 16.5. The van der Waals surface area contributed by atoms with E-state index in [0.717, 1.165) is 58.7 Å². The molecule has 4 aromatic rings. The van der Waals surface area contributed by atoms with Crippen LogP contribution in [0.15, 0.2) is 61.2 Å². The highest BCUT2D eigenvalue weighted by Gasteiger charge is 2.15. The molecule has 136 valence electrons. The van der Waals surface area contributed by atoms with Gasteiger partial charge in [0.25, 0.3) is 0 Å². The van der Waals surface area contributed by atoms with Crippen molar-refractivity contribution in [2.24, 2.45) is 0 Å². The molecule has 5 heteroatoms. The number of nitrogens with zero attached hydrogens (tertiary/aromatic N) is 4. The zero-order chi connectivity index (χ0) is 18.6. The Morgan fingerprint density at radius 1 is 0.926 bits per heavy atom. The van der Waals surface area contributed by atoms with Gasteiger partial charge in [-0.3, -0.25) is 0 Å². The molecule has 0 unspecified atom stereocenters. The molecule has 0 N–H and O–H groups in total. The first-order valence-corrected chi connectivity index (χ1v) is 9.21. The number of unbranched alkanes of at least 4 members (excludes halogenated alkanes) is 1. The first kappa shape index (κ1) is 17.2. The summed E-state index contributed by atoms with van der Waals surface area (Å²) in [5.41, 5.74) is 5.87. The highest BCUT2D eigenvalue weighted by Crippen LogP contribution is 2.34. The summed E-state index contributed by atoms with van der Waals surface area (Å²) in [4.78, 5) is 13.7. The molecule has 0 aliphatic heterocycles. The number of aromatic nitrogens is 4. The summed E-state index contributed by atoms with van der Waals surface area (Å²) in [6.07, 6.45) is 5.74. The number of methoxy groups -OCH3 is 1. The summed E-state index contributed by atoms with van der Waals surface area (Å²) < 4.78 is 7.39. The van der Waals surface area contributed by atoms with E-state index in [4.69, 9.17) is 4.74 Å². The van der Waals surface area contributed by atoms with Gasteiger partial charge in [-0.1, -0.05) is 49.7 Å². The maximum absolute atomic E-state index is 5.28. The smallest absolute Gasteiger partial charge is 0.163 e. The normalized spacial score (nSPS) is 11.0. The molecule has 0 fully saturated rings. The lowest BCUT2D eigenvalue weighted by molar-refractivity contribution is 0.415. The van der Waals surface area contributed by atoms with Crippen LogP contribution in [0.5, 0.6) is 5.75 Å². The molecule has 0 saturated carbocycles. The molecular formula is C22H22N4O. The molecule has 5 nitrogen and oxygen atoms in total. The van der Waals surface area contributed by atoms with E-state index < -0.39 is 0 Å². The largest absolute Gasteiger partial charge is 0.497 e. The van der Waals surface area contributed by atoms with Gasteiger partial charge in [0, 0.05) is 12.1 Å². The lowest BCUT2D eigenvalue weighted by Crippen LogP contribution is -1.98. The van der Waals surface area contributed by atoms with Crippen molar-refractivity contribution in [2.45, 2.75) is 26.3 Å². The average molecular weight is 358 g/mol. The highest BCUT2D eigenvalue weighted by molar-refractivity contribution is 5.93. The van der Waals surface area contributed by atoms with Crippen LogP contribution in [-0.4, -0.2) is 26.6 Å². The second kappa shape index (κ2) is 7.58. The van der Waals surface area contributed by atoms with Crippen molar-refractivity contribution in [3.05, 3.63) is 61.2 Å². The number of fused-ring (bicyclic) bond motifs is 1. The number of imidazole rings is 1. The minimum atomic E-state index is 0.842. The Labute approximate surface area is 158 Å². The average Bonchev–Trinajstić information content (AvgIpc) is 3.15. The summed E-state index contributed by atoms with van der Waals surface area (Å²) >= 11 is 0. The van der Waals surface area contributed by atoms with Crippen LogP contribution in [0.3, 0.4) is 0 Å². The van der Waals surface area contributed by atoms with Crippen molar-refractivity contribution in [1.29, 1.82) is 0 Å². The van der Waals surface area contributed by atoms with Gasteiger partial charge in [-0.05, 0) is 29.7 Å². The van der Waals surface area contributed by atoms with E-state index in [2.05, 4.69) is 50.7 Å². The zero-order valence-electron chi connectivity index (χ0n) is 15.6. The topological polar surface area (TPSA) is 52.8 Å². The van der Waals surface area contributed by atoms with Crippen LogP contribution >= 0.6 is 0 Å². The molecule has 4 rings (SSSR count). The lowest BCUT2D eigenvalue weighted by atomic mass is 9.97. The Bertz CT molecular complexity index is 1050. The lowest BCUT2D eigenvalue weighted by Gasteiger charge is -2.10. The Hall–Kier alpha value is -3.21. The fourth-order valence-electron chi connectivity index (χ4n) is 3.28. The minimum absolute atomic E-state index is 0.842. The van der Waals surface area contributed by atoms with Crippen LogP contribution < -0.4 is 4.74 Å². The van der Waals surface area contributed by atoms with Crippen molar-refractivity contribution in [1.82, 2.24) is 19.5 Å². The first-order chi connectivity index (χ1) is 13.3. The molecule has 0 spiro atoms. The van der Waals surface area contributed by atoms with Crippen LogP contribution in [0, 0.1) is 0 Å². The van der Waals surface area contributed by atoms with Crippen LogP contribution in [-0.2, 0) is 6.54 Å². The van der Waals surface area contributed by atoms with Gasteiger partial charge in [0.1, 0.15) is 23.3 Å². The Kier molecular flexibility index (Phi) is 4.83. The number of hydrogen-bond acceptors (Lipinski definition) is 4. The third-order valence-corrected chi connectivity index (χ3v) is 4.74. The standard InChI is InChI=1S/C22H22N4O/c1-3-4-13-26-15-25-21-20(23-14-24-22(21)26)19-8-6-5-7-18(19)16-9-11-17(27-2)12-10-16/h5-12,14-15H,3-4,13H2,1-2H3. The molecule has 0 bridgehead atoms. The van der Waals surface area contributed by atoms with Crippen LogP contribution in [0.1, 0.15) is 19.8 Å². The zero-order valence-corrected chi connectivity index (χ0v) is 15.6. The molecular weight excluding hydrogens is 336 g/mol. The number of ether oxygens (including phenoxy) is 1. The van der Waals surface area contributed by atoms with E-state index in [0.29, 0.717) is 0 Å². The molecule has 0 saturated heterocycles. The van der Waals surface area contributed by atoms with E-state index in [1.54, 1.807) is 13.4 Å². The second-order valence-corrected chi connectivity index (χ2v) is 6.46. The summed E-state index contributed by atoms with van der Waals surface area (Å²) in [7, 11) is 1.68. The predicted molar refractivity (Wildman–Crippen MR) is 108 cm³/mol. The van der Waals surface area contributed by atoms with Gasteiger partial charge >= 0.3 is 0 Å². The molecule has 27 heavy (non-hydrogen) atoms. The van der Waals surface area contributed by atoms with Crippen LogP contribution in [0.2, 0.25) is 0 Å². The summed E-state index contributed by atoms with van der Waals surface area (Å²) in [6.45, 7) is 3.11. The summed E-state index contributed by atoms with van der Waals surface area (Å²) in [5.74, 6) is 0.843. The number of rotatable bonds is 6. The quantitative estimate of drug-likeness (QED) is 0.488. The monoisotopic (exact) mass is 358 g/mol. The number of aryl methyl sites for hydroxylation is 1. The van der Waals surface area contributed by atoms with Crippen LogP contribution in [0.4, 0.5) is 0 Å². The fourth-order valence-corrected chi connectivity index (χ4v) is 3.28. The number of hydrogen-bond donors (Lipinski definition) is 0. The SMILES string of the molecule is CCCCn1cnc2c(-c3ccccc3-c3ccc(OC)cc3)ncnc21. The van der Waals surface area contributed by atoms with Gasteiger partial charge in [0.05, 0.1) is 13.4 Å². The molecule has 2 heterocycles. The third-order valence-electron chi connectivity index (χ3n) is 4.74. The summed E-state index contributed by atoms with van der Waals surface area (Å²) in [6, 6.07) is 16.4. The van der Waals surface area contributed by atoms with Crippen molar-refractivity contribution in [3.8, 4) is 28.1 Å². The fraction of sp³-hybridized carbons (Fsp3) is 0.227.